The smallest absolute Gasteiger partial charge is 0.336 e. The first-order chi connectivity index (χ1) is 17.2. The highest BCUT2D eigenvalue weighted by atomic mass is 35.5. The lowest BCUT2D eigenvalue weighted by Gasteiger charge is -2.11. The fourth-order valence-electron chi connectivity index (χ4n) is 4.15. The summed E-state index contributed by atoms with van der Waals surface area (Å²) in [6.07, 6.45) is 3.45. The molecule has 35 heavy (non-hydrogen) atoms. The maximum Gasteiger partial charge on any atom is 0.336 e. The van der Waals surface area contributed by atoms with Crippen molar-refractivity contribution < 1.29 is 4.42 Å². The van der Waals surface area contributed by atoms with E-state index in [1.165, 1.54) is 11.8 Å². The van der Waals surface area contributed by atoms with Gasteiger partial charge in [0, 0.05) is 45.9 Å². The molecule has 0 saturated heterocycles. The van der Waals surface area contributed by atoms with E-state index in [4.69, 9.17) is 16.0 Å². The lowest BCUT2D eigenvalue weighted by molar-refractivity contribution is 0.560. The Morgan fingerprint density at radius 2 is 1.71 bits per heavy atom. The number of rotatable bonds is 5. The molecule has 0 aliphatic carbocycles. The fraction of sp³-hybridized carbons (Fsp3) is 0.0370. The van der Waals surface area contributed by atoms with Gasteiger partial charge in [-0.1, -0.05) is 53.7 Å². The van der Waals surface area contributed by atoms with E-state index < -0.39 is 0 Å². The molecule has 6 aromatic rings. The SMILES string of the molecule is O=c1cc(CSc2nnc(-c3ccncc3)n2-c2ccc(Cl)cc2)c2c(ccc3ccccc32)o1. The third kappa shape index (κ3) is 4.09. The molecule has 0 atom stereocenters. The Labute approximate surface area is 209 Å². The van der Waals surface area contributed by atoms with Crippen molar-refractivity contribution in [2.45, 2.75) is 10.9 Å². The van der Waals surface area contributed by atoms with E-state index in [2.05, 4.69) is 21.2 Å². The Balaban J connectivity index is 1.46. The Kier molecular flexibility index (Phi) is 5.56. The molecule has 0 radical (unpaired) electrons. The van der Waals surface area contributed by atoms with Gasteiger partial charge < -0.3 is 4.42 Å². The van der Waals surface area contributed by atoms with Gasteiger partial charge >= 0.3 is 5.63 Å². The highest BCUT2D eigenvalue weighted by molar-refractivity contribution is 7.98. The van der Waals surface area contributed by atoms with Gasteiger partial charge in [-0.25, -0.2) is 4.79 Å². The van der Waals surface area contributed by atoms with Gasteiger partial charge in [0.05, 0.1) is 0 Å². The number of aromatic nitrogens is 4. The normalized spacial score (nSPS) is 11.3. The summed E-state index contributed by atoms with van der Waals surface area (Å²) in [6, 6.07) is 24.8. The molecule has 0 fully saturated rings. The van der Waals surface area contributed by atoms with Gasteiger partial charge in [0.15, 0.2) is 11.0 Å². The first-order valence-corrected chi connectivity index (χ1v) is 12.2. The van der Waals surface area contributed by atoms with Crippen LogP contribution in [0.4, 0.5) is 0 Å². The summed E-state index contributed by atoms with van der Waals surface area (Å²) in [4.78, 5) is 16.4. The molecule has 8 heteroatoms. The summed E-state index contributed by atoms with van der Waals surface area (Å²) in [7, 11) is 0. The van der Waals surface area contributed by atoms with Crippen molar-refractivity contribution in [1.82, 2.24) is 19.7 Å². The quantitative estimate of drug-likeness (QED) is 0.153. The minimum absolute atomic E-state index is 0.375. The maximum absolute atomic E-state index is 12.3. The largest absolute Gasteiger partial charge is 0.423 e. The van der Waals surface area contributed by atoms with Gasteiger partial charge in [-0.3, -0.25) is 9.55 Å². The van der Waals surface area contributed by atoms with Crippen molar-refractivity contribution in [3.63, 3.8) is 0 Å². The molecule has 6 nitrogen and oxygen atoms in total. The Hall–Kier alpha value is -3.94. The summed E-state index contributed by atoms with van der Waals surface area (Å²) < 4.78 is 7.50. The maximum atomic E-state index is 12.3. The summed E-state index contributed by atoms with van der Waals surface area (Å²) in [5.74, 6) is 1.21. The van der Waals surface area contributed by atoms with Crippen molar-refractivity contribution in [1.29, 1.82) is 0 Å². The third-order valence-electron chi connectivity index (χ3n) is 5.73. The standard InChI is InChI=1S/C27H17ClN4O2S/c28-20-6-8-21(9-7-20)32-26(18-11-13-29-14-12-18)30-31-27(32)35-16-19-15-24(33)34-23-10-5-17-3-1-2-4-22(17)25(19)23/h1-15H,16H2. The van der Waals surface area contributed by atoms with Gasteiger partial charge in [-0.05, 0) is 58.8 Å². The average molecular weight is 497 g/mol. The zero-order valence-corrected chi connectivity index (χ0v) is 19.8. The first kappa shape index (κ1) is 21.6. The Morgan fingerprint density at radius 3 is 2.54 bits per heavy atom. The van der Waals surface area contributed by atoms with Crippen LogP contribution in [0.5, 0.6) is 0 Å². The second-order valence-electron chi connectivity index (χ2n) is 7.89. The topological polar surface area (TPSA) is 73.8 Å². The molecule has 3 aromatic heterocycles. The van der Waals surface area contributed by atoms with Gasteiger partial charge in [0.2, 0.25) is 0 Å². The number of benzene rings is 3. The van der Waals surface area contributed by atoms with Crippen molar-refractivity contribution in [2.75, 3.05) is 0 Å². The van der Waals surface area contributed by atoms with Crippen LogP contribution in [0.1, 0.15) is 5.56 Å². The number of thioether (sulfide) groups is 1. The van der Waals surface area contributed by atoms with E-state index in [-0.39, 0.29) is 5.63 Å². The van der Waals surface area contributed by atoms with Crippen LogP contribution in [0, 0.1) is 0 Å². The Morgan fingerprint density at radius 1 is 0.914 bits per heavy atom. The van der Waals surface area contributed by atoms with E-state index in [1.807, 2.05) is 71.3 Å². The zero-order valence-electron chi connectivity index (χ0n) is 18.3. The van der Waals surface area contributed by atoms with Crippen LogP contribution in [0.25, 0.3) is 38.8 Å². The highest BCUT2D eigenvalue weighted by Crippen LogP contribution is 2.33. The monoisotopic (exact) mass is 496 g/mol. The van der Waals surface area contributed by atoms with Crippen LogP contribution >= 0.6 is 23.4 Å². The number of nitrogens with zero attached hydrogens (tertiary/aromatic N) is 4. The van der Waals surface area contributed by atoms with Crippen molar-refractivity contribution >= 4 is 45.1 Å². The summed E-state index contributed by atoms with van der Waals surface area (Å²) >= 11 is 7.64. The van der Waals surface area contributed by atoms with Gasteiger partial charge in [-0.15, -0.1) is 10.2 Å². The van der Waals surface area contributed by atoms with Gasteiger partial charge in [0.1, 0.15) is 5.58 Å². The molecular formula is C27H17ClN4O2S. The van der Waals surface area contributed by atoms with E-state index in [0.717, 1.165) is 33.0 Å². The number of fused-ring (bicyclic) bond motifs is 3. The molecule has 0 aliphatic rings. The van der Waals surface area contributed by atoms with Crippen LogP contribution in [0.3, 0.4) is 0 Å². The molecule has 0 amide bonds. The lowest BCUT2D eigenvalue weighted by atomic mass is 10.0. The van der Waals surface area contributed by atoms with Crippen LogP contribution < -0.4 is 5.63 Å². The molecule has 170 valence electrons. The average Bonchev–Trinajstić information content (AvgIpc) is 3.32. The number of pyridine rings is 1. The predicted octanol–water partition coefficient (Wildman–Crippen LogP) is 6.53. The summed E-state index contributed by atoms with van der Waals surface area (Å²) in [5.41, 5.74) is 2.86. The second-order valence-corrected chi connectivity index (χ2v) is 9.27. The summed E-state index contributed by atoms with van der Waals surface area (Å²) in [5, 5.41) is 13.4. The molecule has 0 saturated carbocycles. The second kappa shape index (κ2) is 9.02. The minimum Gasteiger partial charge on any atom is -0.423 e. The zero-order chi connectivity index (χ0) is 23.8. The highest BCUT2D eigenvalue weighted by Gasteiger charge is 2.18. The molecule has 3 aromatic carbocycles. The molecule has 6 rings (SSSR count). The van der Waals surface area contributed by atoms with Crippen molar-refractivity contribution in [2.24, 2.45) is 0 Å². The predicted molar refractivity (Wildman–Crippen MR) is 139 cm³/mol. The Bertz CT molecular complexity index is 1730. The van der Waals surface area contributed by atoms with E-state index in [9.17, 15) is 4.79 Å². The molecule has 0 bridgehead atoms. The van der Waals surface area contributed by atoms with Crippen LogP contribution in [-0.4, -0.2) is 19.7 Å². The van der Waals surface area contributed by atoms with Crippen molar-refractivity contribution in [3.8, 4) is 17.1 Å². The molecule has 3 heterocycles. The van der Waals surface area contributed by atoms with E-state index >= 15 is 0 Å². The van der Waals surface area contributed by atoms with Crippen LogP contribution in [0.15, 0.2) is 106 Å². The molecule has 0 N–H and O–H groups in total. The number of hydrogen-bond acceptors (Lipinski definition) is 6. The molecule has 0 aliphatic heterocycles. The lowest BCUT2D eigenvalue weighted by Crippen LogP contribution is -2.02. The first-order valence-electron chi connectivity index (χ1n) is 10.9. The number of hydrogen-bond donors (Lipinski definition) is 0. The fourth-order valence-corrected chi connectivity index (χ4v) is 5.21. The van der Waals surface area contributed by atoms with Gasteiger partial charge in [0.25, 0.3) is 0 Å². The van der Waals surface area contributed by atoms with Crippen LogP contribution in [-0.2, 0) is 5.75 Å². The van der Waals surface area contributed by atoms with E-state index in [1.54, 1.807) is 18.5 Å². The molecule has 0 spiro atoms. The van der Waals surface area contributed by atoms with Crippen molar-refractivity contribution in [3.05, 3.63) is 112 Å². The number of halogens is 1. The summed E-state index contributed by atoms with van der Waals surface area (Å²) in [6.45, 7) is 0. The van der Waals surface area contributed by atoms with E-state index in [0.29, 0.717) is 27.3 Å². The molecular weight excluding hydrogens is 480 g/mol. The van der Waals surface area contributed by atoms with Crippen LogP contribution in [0.2, 0.25) is 5.02 Å². The minimum atomic E-state index is -0.375. The van der Waals surface area contributed by atoms with Gasteiger partial charge in [-0.2, -0.15) is 0 Å². The third-order valence-corrected chi connectivity index (χ3v) is 6.96. The molecule has 0 unspecified atom stereocenters.